The number of ether oxygens (including phenoxy) is 2. The van der Waals surface area contributed by atoms with Gasteiger partial charge in [-0.2, -0.15) is 0 Å². The molecule has 1 heterocycles. The number of benzene rings is 2. The van der Waals surface area contributed by atoms with E-state index >= 15 is 0 Å². The lowest BCUT2D eigenvalue weighted by Crippen LogP contribution is -2.34. The zero-order valence-corrected chi connectivity index (χ0v) is 18.5. The molecule has 0 aromatic heterocycles. The van der Waals surface area contributed by atoms with Gasteiger partial charge in [-0.3, -0.25) is 9.69 Å². The van der Waals surface area contributed by atoms with Crippen LogP contribution in [-0.2, 0) is 13.0 Å². The Hall–Kier alpha value is -2.33. The number of hydrogen-bond acceptors (Lipinski definition) is 4. The summed E-state index contributed by atoms with van der Waals surface area (Å²) < 4.78 is 11.6. The van der Waals surface area contributed by atoms with Gasteiger partial charge < -0.3 is 9.47 Å². The quantitative estimate of drug-likeness (QED) is 0.594. The minimum atomic E-state index is 0.115. The van der Waals surface area contributed by atoms with Gasteiger partial charge in [0.2, 0.25) is 0 Å². The third-order valence-electron chi connectivity index (χ3n) is 7.24. The topological polar surface area (TPSA) is 38.8 Å². The lowest BCUT2D eigenvalue weighted by Gasteiger charge is -2.32. The predicted octanol–water partition coefficient (Wildman–Crippen LogP) is 5.14. The van der Waals surface area contributed by atoms with Crippen LogP contribution in [0.15, 0.2) is 42.5 Å². The molecule has 0 radical (unpaired) electrons. The van der Waals surface area contributed by atoms with Crippen molar-refractivity contribution in [1.29, 1.82) is 0 Å². The number of nitrogens with zero attached hydrogens (tertiary/aromatic N) is 1. The molecule has 1 atom stereocenters. The molecule has 0 N–H and O–H groups in total. The average Bonchev–Trinajstić information content (AvgIpc) is 3.58. The first-order valence-corrected chi connectivity index (χ1v) is 11.8. The normalized spacial score (nSPS) is 21.8. The van der Waals surface area contributed by atoms with E-state index < -0.39 is 0 Å². The summed E-state index contributed by atoms with van der Waals surface area (Å²) in [6.45, 7) is 4.01. The maximum atomic E-state index is 13.2. The highest BCUT2D eigenvalue weighted by Gasteiger charge is 2.35. The second-order valence-electron chi connectivity index (χ2n) is 9.62. The van der Waals surface area contributed by atoms with Crippen molar-refractivity contribution in [3.8, 4) is 11.5 Å². The van der Waals surface area contributed by atoms with Crippen molar-refractivity contribution in [2.45, 2.75) is 45.1 Å². The van der Waals surface area contributed by atoms with Gasteiger partial charge in [-0.15, -0.1) is 0 Å². The molecule has 164 valence electrons. The van der Waals surface area contributed by atoms with Gasteiger partial charge in [0, 0.05) is 18.0 Å². The Balaban J connectivity index is 1.17. The molecular formula is C27H33NO3. The second kappa shape index (κ2) is 9.04. The monoisotopic (exact) mass is 419 g/mol. The minimum absolute atomic E-state index is 0.115. The maximum Gasteiger partial charge on any atom is 0.166 e. The van der Waals surface area contributed by atoms with Crippen LogP contribution in [0.1, 0.15) is 53.6 Å². The van der Waals surface area contributed by atoms with Gasteiger partial charge in [-0.1, -0.05) is 30.3 Å². The fourth-order valence-electron chi connectivity index (χ4n) is 5.16. The fraction of sp³-hybridized carbons (Fsp3) is 0.519. The van der Waals surface area contributed by atoms with Crippen molar-refractivity contribution >= 4 is 5.78 Å². The van der Waals surface area contributed by atoms with E-state index in [4.69, 9.17) is 9.47 Å². The molecule has 4 heteroatoms. The first-order chi connectivity index (χ1) is 15.2. The van der Waals surface area contributed by atoms with Gasteiger partial charge in [-0.05, 0) is 86.7 Å². The van der Waals surface area contributed by atoms with E-state index in [9.17, 15) is 4.79 Å². The average molecular weight is 420 g/mol. The number of likely N-dealkylation sites (tertiary alicyclic amines) is 1. The lowest BCUT2D eigenvalue weighted by atomic mass is 9.85. The number of Topliss-reactive ketones (excluding diaryl/α,β-unsaturated/α-hetero) is 1. The summed E-state index contributed by atoms with van der Waals surface area (Å²) in [5.41, 5.74) is 3.38. The van der Waals surface area contributed by atoms with Crippen LogP contribution >= 0.6 is 0 Å². The van der Waals surface area contributed by atoms with E-state index in [-0.39, 0.29) is 5.92 Å². The van der Waals surface area contributed by atoms with Crippen LogP contribution in [0.2, 0.25) is 0 Å². The molecule has 2 aromatic rings. The van der Waals surface area contributed by atoms with Crippen molar-refractivity contribution in [3.63, 3.8) is 0 Å². The van der Waals surface area contributed by atoms with Crippen LogP contribution in [0, 0.1) is 17.8 Å². The maximum absolute atomic E-state index is 13.2. The van der Waals surface area contributed by atoms with Crippen LogP contribution in [-0.4, -0.2) is 37.5 Å². The fourth-order valence-corrected chi connectivity index (χ4v) is 5.16. The van der Waals surface area contributed by atoms with Crippen LogP contribution in [0.25, 0.3) is 0 Å². The Bertz CT molecular complexity index is 914. The summed E-state index contributed by atoms with van der Waals surface area (Å²) in [6.07, 6.45) is 6.72. The van der Waals surface area contributed by atoms with Crippen LogP contribution < -0.4 is 9.47 Å². The summed E-state index contributed by atoms with van der Waals surface area (Å²) in [5.74, 6) is 3.24. The van der Waals surface area contributed by atoms with Crippen LogP contribution in [0.3, 0.4) is 0 Å². The molecule has 1 unspecified atom stereocenters. The zero-order valence-electron chi connectivity index (χ0n) is 18.5. The molecule has 5 rings (SSSR count). The molecule has 2 fully saturated rings. The highest BCUT2D eigenvalue weighted by molar-refractivity contribution is 6.02. The largest absolute Gasteiger partial charge is 0.493 e. The number of carbonyl (C=O) groups is 1. The standard InChI is InChI=1S/C27H33NO3/c1-30-25-15-22-14-23(27(29)24(22)16-26(25)31-18-21-7-8-21)13-19-9-11-28(12-10-19)17-20-5-3-2-4-6-20/h2-6,15-16,19,21,23H,7-14,17-18H2,1H3. The summed E-state index contributed by atoms with van der Waals surface area (Å²) in [5, 5.41) is 0. The lowest BCUT2D eigenvalue weighted by molar-refractivity contribution is 0.0895. The van der Waals surface area contributed by atoms with Gasteiger partial charge in [-0.25, -0.2) is 0 Å². The molecule has 2 aromatic carbocycles. The molecule has 1 saturated heterocycles. The number of hydrogen-bond donors (Lipinski definition) is 0. The number of rotatable bonds is 8. The Kier molecular flexibility index (Phi) is 5.99. The Morgan fingerprint density at radius 3 is 2.45 bits per heavy atom. The Morgan fingerprint density at radius 1 is 0.968 bits per heavy atom. The third kappa shape index (κ3) is 4.79. The second-order valence-corrected chi connectivity index (χ2v) is 9.62. The van der Waals surface area contributed by atoms with Crippen molar-refractivity contribution < 1.29 is 14.3 Å². The van der Waals surface area contributed by atoms with Gasteiger partial charge in [0.1, 0.15) is 0 Å². The smallest absolute Gasteiger partial charge is 0.166 e. The van der Waals surface area contributed by atoms with Crippen molar-refractivity contribution in [2.75, 3.05) is 26.8 Å². The van der Waals surface area contributed by atoms with Gasteiger partial charge >= 0.3 is 0 Å². The number of carbonyl (C=O) groups excluding carboxylic acids is 1. The van der Waals surface area contributed by atoms with Gasteiger partial charge in [0.25, 0.3) is 0 Å². The summed E-state index contributed by atoms with van der Waals surface area (Å²) in [7, 11) is 1.68. The number of piperidine rings is 1. The number of methoxy groups -OCH3 is 1. The molecule has 0 spiro atoms. The first kappa shape index (κ1) is 20.6. The summed E-state index contributed by atoms with van der Waals surface area (Å²) in [6, 6.07) is 14.7. The molecule has 3 aliphatic rings. The van der Waals surface area contributed by atoms with Crippen LogP contribution in [0.4, 0.5) is 0 Å². The molecule has 1 saturated carbocycles. The van der Waals surface area contributed by atoms with E-state index in [2.05, 4.69) is 35.2 Å². The molecule has 1 aliphatic heterocycles. The van der Waals surface area contributed by atoms with Crippen molar-refractivity contribution in [2.24, 2.45) is 17.8 Å². The first-order valence-electron chi connectivity index (χ1n) is 11.8. The predicted molar refractivity (Wildman–Crippen MR) is 122 cm³/mol. The minimum Gasteiger partial charge on any atom is -0.493 e. The third-order valence-corrected chi connectivity index (χ3v) is 7.24. The van der Waals surface area contributed by atoms with Crippen molar-refractivity contribution in [1.82, 2.24) is 4.90 Å². The highest BCUT2D eigenvalue weighted by atomic mass is 16.5. The van der Waals surface area contributed by atoms with Gasteiger partial charge in [0.15, 0.2) is 17.3 Å². The van der Waals surface area contributed by atoms with Crippen LogP contribution in [0.5, 0.6) is 11.5 Å². The molecule has 31 heavy (non-hydrogen) atoms. The number of ketones is 1. The SMILES string of the molecule is COc1cc2c(cc1OCC1CC1)C(=O)C(CC1CCN(Cc3ccccc3)CC1)C2. The van der Waals surface area contributed by atoms with Gasteiger partial charge in [0.05, 0.1) is 13.7 Å². The molecular weight excluding hydrogens is 386 g/mol. The molecule has 4 nitrogen and oxygen atoms in total. The molecule has 0 amide bonds. The van der Waals surface area contributed by atoms with E-state index in [0.29, 0.717) is 17.6 Å². The highest BCUT2D eigenvalue weighted by Crippen LogP contribution is 2.40. The Labute approximate surface area is 185 Å². The van der Waals surface area contributed by atoms with E-state index in [1.807, 2.05) is 12.1 Å². The zero-order chi connectivity index (χ0) is 21.2. The molecule has 2 aliphatic carbocycles. The van der Waals surface area contributed by atoms with E-state index in [0.717, 1.165) is 61.7 Å². The van der Waals surface area contributed by atoms with E-state index in [1.54, 1.807) is 7.11 Å². The van der Waals surface area contributed by atoms with Crippen molar-refractivity contribution in [3.05, 3.63) is 59.2 Å². The molecule has 0 bridgehead atoms. The Morgan fingerprint density at radius 2 is 1.74 bits per heavy atom. The summed E-state index contributed by atoms with van der Waals surface area (Å²) in [4.78, 5) is 15.7. The van der Waals surface area contributed by atoms with E-state index in [1.165, 1.54) is 31.2 Å². The number of fused-ring (bicyclic) bond motifs is 1. The summed E-state index contributed by atoms with van der Waals surface area (Å²) >= 11 is 0.